The number of aromatic nitrogens is 3. The van der Waals surface area contributed by atoms with Crippen LogP contribution in [0.15, 0.2) is 56.8 Å². The van der Waals surface area contributed by atoms with E-state index < -0.39 is 5.63 Å². The van der Waals surface area contributed by atoms with Crippen LogP contribution in [0.4, 0.5) is 0 Å². The quantitative estimate of drug-likeness (QED) is 0.295. The van der Waals surface area contributed by atoms with Crippen molar-refractivity contribution in [1.82, 2.24) is 14.9 Å². The summed E-state index contributed by atoms with van der Waals surface area (Å²) in [5.74, 6) is 7.36. The Morgan fingerprint density at radius 3 is 2.62 bits per heavy atom. The maximum atomic E-state index is 11.9. The highest BCUT2D eigenvalue weighted by molar-refractivity contribution is 7.98. The second-order valence-electron chi connectivity index (χ2n) is 6.75. The number of hydrogen-bond acceptors (Lipinski definition) is 7. The van der Waals surface area contributed by atoms with Gasteiger partial charge in [-0.25, -0.2) is 9.47 Å². The molecule has 0 amide bonds. The fourth-order valence-corrected chi connectivity index (χ4v) is 3.97. The van der Waals surface area contributed by atoms with Gasteiger partial charge in [-0.1, -0.05) is 48.5 Å². The van der Waals surface area contributed by atoms with Gasteiger partial charge in [-0.3, -0.25) is 0 Å². The summed E-state index contributed by atoms with van der Waals surface area (Å²) in [7, 11) is 0. The lowest BCUT2D eigenvalue weighted by Crippen LogP contribution is -2.11. The average Bonchev–Trinajstić information content (AvgIpc) is 3.06. The van der Waals surface area contributed by atoms with E-state index in [4.69, 9.17) is 10.3 Å². The third-order valence-corrected chi connectivity index (χ3v) is 5.73. The van der Waals surface area contributed by atoms with Gasteiger partial charge in [0.1, 0.15) is 11.3 Å². The molecule has 0 bridgehead atoms. The minimum atomic E-state index is -0.466. The minimum Gasteiger partial charge on any atom is -0.508 e. The molecule has 0 radical (unpaired) electrons. The zero-order chi connectivity index (χ0) is 20.5. The number of phenolic OH excluding ortho intramolecular Hbond substituents is 1. The van der Waals surface area contributed by atoms with Crippen LogP contribution in [0.25, 0.3) is 22.4 Å². The van der Waals surface area contributed by atoms with Crippen LogP contribution < -0.4 is 11.5 Å². The predicted octanol–water partition coefficient (Wildman–Crippen LogP) is 3.63. The van der Waals surface area contributed by atoms with E-state index in [1.807, 2.05) is 44.2 Å². The molecule has 0 atom stereocenters. The van der Waals surface area contributed by atoms with Gasteiger partial charge >= 0.3 is 5.63 Å². The van der Waals surface area contributed by atoms with Gasteiger partial charge in [-0.2, -0.15) is 0 Å². The molecule has 29 heavy (non-hydrogen) atoms. The number of nitrogens with zero attached hydrogens (tertiary/aromatic N) is 3. The molecule has 4 aromatic rings. The first kappa shape index (κ1) is 19.1. The highest BCUT2D eigenvalue weighted by Crippen LogP contribution is 2.30. The molecule has 8 heteroatoms. The summed E-state index contributed by atoms with van der Waals surface area (Å²) < 4.78 is 6.70. The zero-order valence-corrected chi connectivity index (χ0v) is 16.9. The molecule has 0 unspecified atom stereocenters. The Hall–Kier alpha value is -3.26. The lowest BCUT2D eigenvalue weighted by molar-refractivity contribution is 0.466. The van der Waals surface area contributed by atoms with Crippen molar-refractivity contribution in [2.45, 2.75) is 31.2 Å². The summed E-state index contributed by atoms with van der Waals surface area (Å²) in [6.07, 6.45) is 0.671. The van der Waals surface area contributed by atoms with Crippen molar-refractivity contribution in [1.29, 1.82) is 0 Å². The second kappa shape index (κ2) is 7.63. The molecule has 0 spiro atoms. The van der Waals surface area contributed by atoms with Crippen LogP contribution in [0.1, 0.15) is 23.6 Å². The summed E-state index contributed by atoms with van der Waals surface area (Å²) in [5, 5.41) is 19.8. The van der Waals surface area contributed by atoms with E-state index in [1.165, 1.54) is 28.6 Å². The number of phenols is 1. The first-order valence-electron chi connectivity index (χ1n) is 9.15. The number of nitrogen functional groups attached to an aromatic ring is 1. The number of aryl methyl sites for hydroxylation is 2. The SMILES string of the molecule is CCc1cc2c(CSc3nnc(-c4ccc(C)cc4)n3N)cc(=O)oc2cc1O. The van der Waals surface area contributed by atoms with Crippen LogP contribution >= 0.6 is 11.8 Å². The Morgan fingerprint density at radius 2 is 1.90 bits per heavy atom. The molecule has 0 aliphatic rings. The molecule has 0 saturated carbocycles. The molecule has 0 aliphatic heterocycles. The molecular formula is C21H20N4O3S. The Balaban J connectivity index is 1.65. The lowest BCUT2D eigenvalue weighted by Gasteiger charge is -2.08. The fourth-order valence-electron chi connectivity index (χ4n) is 3.13. The summed E-state index contributed by atoms with van der Waals surface area (Å²) in [6, 6.07) is 12.7. The number of aromatic hydroxyl groups is 1. The molecule has 0 aliphatic carbocycles. The molecule has 2 heterocycles. The smallest absolute Gasteiger partial charge is 0.336 e. The normalized spacial score (nSPS) is 11.2. The molecule has 2 aromatic heterocycles. The van der Waals surface area contributed by atoms with Gasteiger partial charge in [0.25, 0.3) is 0 Å². The van der Waals surface area contributed by atoms with E-state index >= 15 is 0 Å². The second-order valence-corrected chi connectivity index (χ2v) is 7.69. The molecule has 7 nitrogen and oxygen atoms in total. The molecule has 0 saturated heterocycles. The van der Waals surface area contributed by atoms with Gasteiger partial charge in [-0.15, -0.1) is 10.2 Å². The average molecular weight is 408 g/mol. The third kappa shape index (κ3) is 3.71. The van der Waals surface area contributed by atoms with Crippen LogP contribution in [0.5, 0.6) is 5.75 Å². The third-order valence-electron chi connectivity index (χ3n) is 4.74. The van der Waals surface area contributed by atoms with Gasteiger partial charge in [0.05, 0.1) is 0 Å². The Kier molecular flexibility index (Phi) is 5.02. The number of thioether (sulfide) groups is 1. The van der Waals surface area contributed by atoms with Crippen molar-refractivity contribution in [2.75, 3.05) is 5.84 Å². The highest BCUT2D eigenvalue weighted by Gasteiger charge is 2.15. The first-order chi connectivity index (χ1) is 14.0. The Morgan fingerprint density at radius 1 is 1.14 bits per heavy atom. The summed E-state index contributed by atoms with van der Waals surface area (Å²) in [6.45, 7) is 3.97. The van der Waals surface area contributed by atoms with Crippen LogP contribution in [-0.2, 0) is 12.2 Å². The fraction of sp³-hybridized carbons (Fsp3) is 0.190. The van der Waals surface area contributed by atoms with E-state index in [9.17, 15) is 9.90 Å². The van der Waals surface area contributed by atoms with E-state index in [2.05, 4.69) is 10.2 Å². The van der Waals surface area contributed by atoms with E-state index in [0.29, 0.717) is 28.7 Å². The van der Waals surface area contributed by atoms with Crippen molar-refractivity contribution in [3.63, 3.8) is 0 Å². The van der Waals surface area contributed by atoms with Gasteiger partial charge < -0.3 is 15.4 Å². The molecule has 0 fully saturated rings. The molecule has 3 N–H and O–H groups in total. The van der Waals surface area contributed by atoms with Crippen LogP contribution in [0, 0.1) is 6.92 Å². The van der Waals surface area contributed by atoms with Crippen molar-refractivity contribution in [3.05, 3.63) is 69.6 Å². The number of benzene rings is 2. The standard InChI is InChI=1S/C21H20N4O3S/c1-3-13-8-16-15(9-19(27)28-18(16)10-17(13)26)11-29-21-24-23-20(25(21)22)14-6-4-12(2)5-7-14/h4-10,26H,3,11,22H2,1-2H3. The van der Waals surface area contributed by atoms with Crippen molar-refractivity contribution in [2.24, 2.45) is 0 Å². The highest BCUT2D eigenvalue weighted by atomic mass is 32.2. The first-order valence-corrected chi connectivity index (χ1v) is 10.1. The minimum absolute atomic E-state index is 0.123. The lowest BCUT2D eigenvalue weighted by atomic mass is 10.1. The topological polar surface area (TPSA) is 107 Å². The number of hydrogen-bond donors (Lipinski definition) is 2. The molecule has 4 rings (SSSR count). The van der Waals surface area contributed by atoms with Gasteiger partial charge in [-0.05, 0) is 30.5 Å². The largest absolute Gasteiger partial charge is 0.508 e. The molecule has 148 valence electrons. The number of rotatable bonds is 5. The van der Waals surface area contributed by atoms with Crippen molar-refractivity contribution in [3.8, 4) is 17.1 Å². The summed E-state index contributed by atoms with van der Waals surface area (Å²) in [4.78, 5) is 11.9. The van der Waals surface area contributed by atoms with Crippen LogP contribution in [0.2, 0.25) is 0 Å². The van der Waals surface area contributed by atoms with Gasteiger partial charge in [0.15, 0.2) is 5.82 Å². The van der Waals surface area contributed by atoms with Crippen molar-refractivity contribution < 1.29 is 9.52 Å². The molecule has 2 aromatic carbocycles. The van der Waals surface area contributed by atoms with Gasteiger partial charge in [0, 0.05) is 28.8 Å². The monoisotopic (exact) mass is 408 g/mol. The molecular weight excluding hydrogens is 388 g/mol. The summed E-state index contributed by atoms with van der Waals surface area (Å²) >= 11 is 1.38. The predicted molar refractivity (Wildman–Crippen MR) is 113 cm³/mol. The van der Waals surface area contributed by atoms with Crippen LogP contribution in [0.3, 0.4) is 0 Å². The van der Waals surface area contributed by atoms with E-state index in [0.717, 1.165) is 27.6 Å². The number of fused-ring (bicyclic) bond motifs is 1. The van der Waals surface area contributed by atoms with E-state index in [-0.39, 0.29) is 5.75 Å². The van der Waals surface area contributed by atoms with Gasteiger partial charge in [0.2, 0.25) is 5.16 Å². The maximum absolute atomic E-state index is 11.9. The zero-order valence-electron chi connectivity index (χ0n) is 16.0. The Labute approximate surface area is 171 Å². The number of nitrogens with two attached hydrogens (primary N) is 1. The maximum Gasteiger partial charge on any atom is 0.336 e. The van der Waals surface area contributed by atoms with Crippen molar-refractivity contribution >= 4 is 22.7 Å². The van der Waals surface area contributed by atoms with E-state index in [1.54, 1.807) is 0 Å². The van der Waals surface area contributed by atoms with Crippen LogP contribution in [-0.4, -0.2) is 20.0 Å². The summed E-state index contributed by atoms with van der Waals surface area (Å²) in [5.41, 5.74) is 3.51. The Bertz CT molecular complexity index is 1250.